The van der Waals surface area contributed by atoms with Crippen molar-refractivity contribution in [3.05, 3.63) is 0 Å². The molecule has 1 saturated carbocycles. The third-order valence-electron chi connectivity index (χ3n) is 3.91. The molecule has 2 amide bonds. The van der Waals surface area contributed by atoms with E-state index in [0.29, 0.717) is 32.0 Å². The minimum absolute atomic E-state index is 0.0317. The number of hydrogen-bond acceptors (Lipinski definition) is 4. The van der Waals surface area contributed by atoms with E-state index in [1.165, 1.54) is 11.3 Å². The maximum Gasteiger partial charge on any atom is 0.243 e. The number of rotatable bonds is 6. The second kappa shape index (κ2) is 6.29. The lowest BCUT2D eigenvalue weighted by Crippen LogP contribution is -2.47. The van der Waals surface area contributed by atoms with Crippen LogP contribution in [0.15, 0.2) is 0 Å². The van der Waals surface area contributed by atoms with Gasteiger partial charge in [0, 0.05) is 32.2 Å². The first-order valence-electron chi connectivity index (χ1n) is 6.90. The number of aliphatic hydroxyl groups is 1. The monoisotopic (exact) mass is 254 g/mol. The molecule has 0 unspecified atom stereocenters. The van der Waals surface area contributed by atoms with Gasteiger partial charge in [0.05, 0.1) is 6.54 Å². The molecule has 1 aliphatic carbocycles. The highest BCUT2D eigenvalue weighted by Gasteiger charge is 2.31. The summed E-state index contributed by atoms with van der Waals surface area (Å²) in [7, 11) is 0. The van der Waals surface area contributed by atoms with Gasteiger partial charge < -0.3 is 5.11 Å². The minimum atomic E-state index is -0.0673. The predicted octanol–water partition coefficient (Wildman–Crippen LogP) is 0.372. The normalized spacial score (nSPS) is 20.6. The topological polar surface area (TPSA) is 60.9 Å². The molecule has 0 radical (unpaired) electrons. The van der Waals surface area contributed by atoms with Crippen LogP contribution in [0.3, 0.4) is 0 Å². The van der Waals surface area contributed by atoms with Gasteiger partial charge in [-0.25, -0.2) is 0 Å². The standard InChI is InChI=1S/C13H22N2O3/c16-9-3-7-14(11-4-1-5-11)10-13(18)15-8-2-6-12(15)17/h11,16H,1-10H2. The third kappa shape index (κ3) is 3.09. The van der Waals surface area contributed by atoms with Gasteiger partial charge in [0.25, 0.3) is 0 Å². The Morgan fingerprint density at radius 3 is 2.67 bits per heavy atom. The lowest BCUT2D eigenvalue weighted by Gasteiger charge is -2.37. The Balaban J connectivity index is 1.86. The fourth-order valence-corrected chi connectivity index (χ4v) is 2.59. The van der Waals surface area contributed by atoms with E-state index in [1.54, 1.807) is 0 Å². The van der Waals surface area contributed by atoms with Crippen LogP contribution in [0.5, 0.6) is 0 Å². The summed E-state index contributed by atoms with van der Waals surface area (Å²) in [6.07, 6.45) is 5.48. The zero-order valence-corrected chi connectivity index (χ0v) is 10.8. The largest absolute Gasteiger partial charge is 0.396 e. The lowest BCUT2D eigenvalue weighted by atomic mass is 9.91. The van der Waals surface area contributed by atoms with E-state index in [2.05, 4.69) is 4.90 Å². The number of imide groups is 1. The zero-order valence-electron chi connectivity index (χ0n) is 10.8. The van der Waals surface area contributed by atoms with Gasteiger partial charge in [0.1, 0.15) is 0 Å². The van der Waals surface area contributed by atoms with Crippen molar-refractivity contribution in [3.8, 4) is 0 Å². The van der Waals surface area contributed by atoms with E-state index in [4.69, 9.17) is 5.11 Å². The average molecular weight is 254 g/mol. The summed E-state index contributed by atoms with van der Waals surface area (Å²) in [5.74, 6) is -0.0990. The Bertz CT molecular complexity index is 315. The van der Waals surface area contributed by atoms with Gasteiger partial charge in [-0.2, -0.15) is 0 Å². The predicted molar refractivity (Wildman–Crippen MR) is 66.9 cm³/mol. The number of hydrogen-bond donors (Lipinski definition) is 1. The molecule has 1 N–H and O–H groups in total. The summed E-state index contributed by atoms with van der Waals surface area (Å²) >= 11 is 0. The van der Waals surface area contributed by atoms with Gasteiger partial charge in [0.2, 0.25) is 11.8 Å². The number of aliphatic hydroxyl groups excluding tert-OH is 1. The van der Waals surface area contributed by atoms with Crippen molar-refractivity contribution in [2.75, 3.05) is 26.2 Å². The number of carbonyl (C=O) groups is 2. The van der Waals surface area contributed by atoms with Crippen LogP contribution < -0.4 is 0 Å². The summed E-state index contributed by atoms with van der Waals surface area (Å²) in [5, 5.41) is 8.90. The summed E-state index contributed by atoms with van der Waals surface area (Å²) in [4.78, 5) is 27.1. The molecule has 0 aromatic heterocycles. The van der Waals surface area contributed by atoms with Crippen LogP contribution in [0.1, 0.15) is 38.5 Å². The van der Waals surface area contributed by atoms with E-state index >= 15 is 0 Å². The third-order valence-corrected chi connectivity index (χ3v) is 3.91. The van der Waals surface area contributed by atoms with Gasteiger partial charge in [0.15, 0.2) is 0 Å². The van der Waals surface area contributed by atoms with Crippen molar-refractivity contribution in [3.63, 3.8) is 0 Å². The first-order valence-corrected chi connectivity index (χ1v) is 6.90. The van der Waals surface area contributed by atoms with E-state index in [0.717, 1.165) is 25.8 Å². The molecule has 5 nitrogen and oxygen atoms in total. The average Bonchev–Trinajstić information content (AvgIpc) is 2.69. The molecular weight excluding hydrogens is 232 g/mol. The molecule has 0 aromatic rings. The lowest BCUT2D eigenvalue weighted by molar-refractivity contribution is -0.143. The van der Waals surface area contributed by atoms with E-state index in [9.17, 15) is 9.59 Å². The van der Waals surface area contributed by atoms with Gasteiger partial charge in [-0.05, 0) is 25.7 Å². The van der Waals surface area contributed by atoms with Crippen LogP contribution in [0.2, 0.25) is 0 Å². The Morgan fingerprint density at radius 1 is 1.39 bits per heavy atom. The molecule has 1 heterocycles. The molecule has 0 spiro atoms. The molecule has 2 rings (SSSR count). The van der Waals surface area contributed by atoms with E-state index < -0.39 is 0 Å². The molecule has 18 heavy (non-hydrogen) atoms. The molecule has 2 aliphatic rings. The van der Waals surface area contributed by atoms with Crippen molar-refractivity contribution in [1.29, 1.82) is 0 Å². The van der Waals surface area contributed by atoms with Crippen LogP contribution in [-0.2, 0) is 9.59 Å². The van der Waals surface area contributed by atoms with Crippen molar-refractivity contribution in [1.82, 2.24) is 9.80 Å². The number of likely N-dealkylation sites (tertiary alicyclic amines) is 1. The van der Waals surface area contributed by atoms with Gasteiger partial charge in [-0.15, -0.1) is 0 Å². The maximum absolute atomic E-state index is 12.1. The molecule has 5 heteroatoms. The van der Waals surface area contributed by atoms with Crippen LogP contribution in [0, 0.1) is 0 Å². The van der Waals surface area contributed by atoms with Crippen LogP contribution in [0.4, 0.5) is 0 Å². The molecule has 0 bridgehead atoms. The van der Waals surface area contributed by atoms with Crippen molar-refractivity contribution in [2.24, 2.45) is 0 Å². The molecule has 0 atom stereocenters. The first-order chi connectivity index (χ1) is 8.72. The summed E-state index contributed by atoms with van der Waals surface area (Å²) in [6, 6.07) is 0.471. The Labute approximate surface area is 108 Å². The Morgan fingerprint density at radius 2 is 2.17 bits per heavy atom. The quantitative estimate of drug-likeness (QED) is 0.744. The Kier molecular flexibility index (Phi) is 4.72. The zero-order chi connectivity index (χ0) is 13.0. The molecule has 1 saturated heterocycles. The minimum Gasteiger partial charge on any atom is -0.396 e. The molecule has 0 aromatic carbocycles. The summed E-state index contributed by atoms with van der Waals surface area (Å²) in [6.45, 7) is 1.81. The van der Waals surface area contributed by atoms with Crippen LogP contribution in [-0.4, -0.2) is 59.0 Å². The fraction of sp³-hybridized carbons (Fsp3) is 0.846. The number of carbonyl (C=O) groups excluding carboxylic acids is 2. The second-order valence-electron chi connectivity index (χ2n) is 5.18. The smallest absolute Gasteiger partial charge is 0.243 e. The number of nitrogens with zero attached hydrogens (tertiary/aromatic N) is 2. The molecular formula is C13H22N2O3. The van der Waals surface area contributed by atoms with Gasteiger partial charge in [-0.1, -0.05) is 6.42 Å². The Hall–Kier alpha value is -0.940. The second-order valence-corrected chi connectivity index (χ2v) is 5.18. The number of amides is 2. The van der Waals surface area contributed by atoms with Gasteiger partial charge in [-0.3, -0.25) is 19.4 Å². The maximum atomic E-state index is 12.1. The summed E-state index contributed by atoms with van der Waals surface area (Å²) < 4.78 is 0. The molecule has 1 aliphatic heterocycles. The highest BCUT2D eigenvalue weighted by atomic mass is 16.3. The molecule has 102 valence electrons. The van der Waals surface area contributed by atoms with Crippen LogP contribution >= 0.6 is 0 Å². The van der Waals surface area contributed by atoms with E-state index in [-0.39, 0.29) is 18.4 Å². The van der Waals surface area contributed by atoms with Gasteiger partial charge >= 0.3 is 0 Å². The van der Waals surface area contributed by atoms with Crippen molar-refractivity contribution < 1.29 is 14.7 Å². The van der Waals surface area contributed by atoms with Crippen molar-refractivity contribution >= 4 is 11.8 Å². The van der Waals surface area contributed by atoms with E-state index in [1.807, 2.05) is 0 Å². The fourth-order valence-electron chi connectivity index (χ4n) is 2.59. The summed E-state index contributed by atoms with van der Waals surface area (Å²) in [5.41, 5.74) is 0. The SMILES string of the molecule is O=C1CCCN1C(=O)CN(CCCO)C1CCC1. The molecule has 2 fully saturated rings. The highest BCUT2D eigenvalue weighted by molar-refractivity contribution is 5.97. The highest BCUT2D eigenvalue weighted by Crippen LogP contribution is 2.25. The van der Waals surface area contributed by atoms with Crippen molar-refractivity contribution in [2.45, 2.75) is 44.6 Å². The first kappa shape index (κ1) is 13.5. The van der Waals surface area contributed by atoms with Crippen LogP contribution in [0.25, 0.3) is 0 Å².